The van der Waals surface area contributed by atoms with E-state index in [9.17, 15) is 4.79 Å². The molecule has 0 N–H and O–H groups in total. The molecule has 24 heavy (non-hydrogen) atoms. The van der Waals surface area contributed by atoms with Crippen LogP contribution in [0.1, 0.15) is 36.7 Å². The quantitative estimate of drug-likeness (QED) is 0.576. The van der Waals surface area contributed by atoms with E-state index in [0.29, 0.717) is 5.56 Å². The van der Waals surface area contributed by atoms with E-state index >= 15 is 0 Å². The fourth-order valence-electron chi connectivity index (χ4n) is 2.83. The molecule has 2 nitrogen and oxygen atoms in total. The summed E-state index contributed by atoms with van der Waals surface area (Å²) in [5, 5.41) is 2.15. The number of hydrogen-bond acceptors (Lipinski definition) is 2. The van der Waals surface area contributed by atoms with Crippen molar-refractivity contribution in [3.8, 4) is 11.1 Å². The molecule has 0 saturated carbocycles. The summed E-state index contributed by atoms with van der Waals surface area (Å²) in [5.41, 5.74) is 4.43. The first-order valence-electron chi connectivity index (χ1n) is 8.11. The van der Waals surface area contributed by atoms with E-state index in [0.717, 1.165) is 10.8 Å². The molecule has 0 unspecified atom stereocenters. The van der Waals surface area contributed by atoms with Crippen LogP contribution in [0.2, 0.25) is 0 Å². The van der Waals surface area contributed by atoms with Gasteiger partial charge in [0, 0.05) is 0 Å². The molecule has 0 radical (unpaired) electrons. The molecule has 0 aliphatic rings. The van der Waals surface area contributed by atoms with Gasteiger partial charge in [-0.1, -0.05) is 63.2 Å². The Morgan fingerprint density at radius 2 is 1.38 bits per heavy atom. The van der Waals surface area contributed by atoms with Crippen LogP contribution < -0.4 is 0 Å². The second-order valence-corrected chi connectivity index (χ2v) is 7.10. The smallest absolute Gasteiger partial charge is 0.337 e. The molecule has 0 aliphatic carbocycles. The molecule has 0 aliphatic heterocycles. The van der Waals surface area contributed by atoms with E-state index < -0.39 is 0 Å². The van der Waals surface area contributed by atoms with Gasteiger partial charge in [0.2, 0.25) is 0 Å². The Bertz CT molecular complexity index is 884. The first-order chi connectivity index (χ1) is 11.4. The van der Waals surface area contributed by atoms with Crippen molar-refractivity contribution in [2.45, 2.75) is 26.2 Å². The lowest BCUT2D eigenvalue weighted by Crippen LogP contribution is -2.10. The lowest BCUT2D eigenvalue weighted by Gasteiger charge is -2.19. The van der Waals surface area contributed by atoms with Crippen molar-refractivity contribution in [3.63, 3.8) is 0 Å². The van der Waals surface area contributed by atoms with Crippen LogP contribution in [0.25, 0.3) is 21.9 Å². The Kier molecular flexibility index (Phi) is 4.15. The zero-order valence-corrected chi connectivity index (χ0v) is 14.6. The largest absolute Gasteiger partial charge is 0.465 e. The fourth-order valence-corrected chi connectivity index (χ4v) is 2.83. The number of rotatable bonds is 2. The Morgan fingerprint density at radius 1 is 0.792 bits per heavy atom. The van der Waals surface area contributed by atoms with E-state index in [1.54, 1.807) is 6.07 Å². The van der Waals surface area contributed by atoms with Gasteiger partial charge in [-0.05, 0) is 51.1 Å². The molecule has 0 atom stereocenters. The Labute approximate surface area is 143 Å². The molecule has 122 valence electrons. The normalized spacial score (nSPS) is 11.5. The van der Waals surface area contributed by atoms with Gasteiger partial charge in [0.15, 0.2) is 0 Å². The Morgan fingerprint density at radius 3 is 2.00 bits per heavy atom. The average Bonchev–Trinajstić information content (AvgIpc) is 2.59. The van der Waals surface area contributed by atoms with Crippen LogP contribution in [0, 0.1) is 0 Å². The van der Waals surface area contributed by atoms with Gasteiger partial charge >= 0.3 is 5.97 Å². The molecule has 0 heterocycles. The van der Waals surface area contributed by atoms with Crippen molar-refractivity contribution in [1.82, 2.24) is 0 Å². The molecule has 3 aromatic rings. The third-order valence-electron chi connectivity index (χ3n) is 4.35. The van der Waals surface area contributed by atoms with Crippen molar-refractivity contribution in [2.75, 3.05) is 7.11 Å². The monoisotopic (exact) mass is 318 g/mol. The van der Waals surface area contributed by atoms with Crippen LogP contribution in [0.5, 0.6) is 0 Å². The highest BCUT2D eigenvalue weighted by molar-refractivity contribution is 5.96. The molecule has 3 aromatic carbocycles. The molecule has 2 heteroatoms. The Hall–Kier alpha value is -2.61. The maximum absolute atomic E-state index is 11.6. The van der Waals surface area contributed by atoms with Crippen molar-refractivity contribution in [3.05, 3.63) is 71.8 Å². The number of methoxy groups -OCH3 is 1. The van der Waals surface area contributed by atoms with E-state index in [2.05, 4.69) is 63.2 Å². The first kappa shape index (κ1) is 16.3. The predicted molar refractivity (Wildman–Crippen MR) is 99.4 cm³/mol. The number of ether oxygens (including phenoxy) is 1. The van der Waals surface area contributed by atoms with E-state index in [1.165, 1.54) is 23.8 Å². The number of fused-ring (bicyclic) bond motifs is 1. The SMILES string of the molecule is COC(=O)c1ccc2cc(-c3ccc(C(C)(C)C)cc3)ccc2c1. The summed E-state index contributed by atoms with van der Waals surface area (Å²) in [7, 11) is 1.40. The van der Waals surface area contributed by atoms with Crippen molar-refractivity contribution >= 4 is 16.7 Å². The summed E-state index contributed by atoms with van der Waals surface area (Å²) in [6.07, 6.45) is 0. The third kappa shape index (κ3) is 3.18. The van der Waals surface area contributed by atoms with Gasteiger partial charge in [-0.15, -0.1) is 0 Å². The highest BCUT2D eigenvalue weighted by Gasteiger charge is 2.13. The van der Waals surface area contributed by atoms with Crippen LogP contribution in [0.4, 0.5) is 0 Å². The zero-order chi connectivity index (χ0) is 17.3. The van der Waals surface area contributed by atoms with Crippen LogP contribution in [0.15, 0.2) is 60.7 Å². The van der Waals surface area contributed by atoms with Gasteiger partial charge in [0.25, 0.3) is 0 Å². The topological polar surface area (TPSA) is 26.3 Å². The van der Waals surface area contributed by atoms with E-state index in [-0.39, 0.29) is 11.4 Å². The number of carbonyl (C=O) groups excluding carboxylic acids is 1. The highest BCUT2D eigenvalue weighted by Crippen LogP contribution is 2.28. The molecular weight excluding hydrogens is 296 g/mol. The van der Waals surface area contributed by atoms with Gasteiger partial charge in [-0.2, -0.15) is 0 Å². The summed E-state index contributed by atoms with van der Waals surface area (Å²) in [6, 6.07) is 20.7. The fraction of sp³-hybridized carbons (Fsp3) is 0.227. The summed E-state index contributed by atoms with van der Waals surface area (Å²) >= 11 is 0. The summed E-state index contributed by atoms with van der Waals surface area (Å²) in [6.45, 7) is 6.66. The van der Waals surface area contributed by atoms with Crippen LogP contribution in [0.3, 0.4) is 0 Å². The number of carbonyl (C=O) groups is 1. The summed E-state index contributed by atoms with van der Waals surface area (Å²) in [5.74, 6) is -0.307. The molecular formula is C22H22O2. The predicted octanol–water partition coefficient (Wildman–Crippen LogP) is 5.59. The lowest BCUT2D eigenvalue weighted by molar-refractivity contribution is 0.0601. The lowest BCUT2D eigenvalue weighted by atomic mass is 9.86. The van der Waals surface area contributed by atoms with Gasteiger partial charge in [0.1, 0.15) is 0 Å². The molecule has 0 fully saturated rings. The molecule has 3 rings (SSSR count). The average molecular weight is 318 g/mol. The molecule has 0 saturated heterocycles. The Balaban J connectivity index is 1.97. The van der Waals surface area contributed by atoms with Gasteiger partial charge in [-0.3, -0.25) is 0 Å². The van der Waals surface area contributed by atoms with E-state index in [1.807, 2.05) is 12.1 Å². The van der Waals surface area contributed by atoms with Crippen LogP contribution >= 0.6 is 0 Å². The summed E-state index contributed by atoms with van der Waals surface area (Å²) < 4.78 is 4.78. The maximum Gasteiger partial charge on any atom is 0.337 e. The zero-order valence-electron chi connectivity index (χ0n) is 14.6. The van der Waals surface area contributed by atoms with Crippen LogP contribution in [-0.4, -0.2) is 13.1 Å². The van der Waals surface area contributed by atoms with Gasteiger partial charge in [0.05, 0.1) is 12.7 Å². The van der Waals surface area contributed by atoms with Crippen molar-refractivity contribution in [2.24, 2.45) is 0 Å². The maximum atomic E-state index is 11.6. The van der Waals surface area contributed by atoms with Crippen LogP contribution in [-0.2, 0) is 10.2 Å². The molecule has 0 aromatic heterocycles. The molecule has 0 bridgehead atoms. The first-order valence-corrected chi connectivity index (χ1v) is 8.11. The van der Waals surface area contributed by atoms with Gasteiger partial charge in [-0.25, -0.2) is 4.79 Å². The highest BCUT2D eigenvalue weighted by atomic mass is 16.5. The minimum Gasteiger partial charge on any atom is -0.465 e. The second kappa shape index (κ2) is 6.12. The number of hydrogen-bond donors (Lipinski definition) is 0. The van der Waals surface area contributed by atoms with Crippen molar-refractivity contribution < 1.29 is 9.53 Å². The summed E-state index contributed by atoms with van der Waals surface area (Å²) in [4.78, 5) is 11.6. The third-order valence-corrected chi connectivity index (χ3v) is 4.35. The molecule has 0 amide bonds. The molecule has 0 spiro atoms. The second-order valence-electron chi connectivity index (χ2n) is 7.10. The minimum absolute atomic E-state index is 0.159. The number of esters is 1. The number of benzene rings is 3. The minimum atomic E-state index is -0.307. The standard InChI is InChI=1S/C22H22O2/c1-22(2,3)20-11-9-15(10-12-20)16-5-6-18-14-19(21(23)24-4)8-7-17(18)13-16/h5-14H,1-4H3. The van der Waals surface area contributed by atoms with Crippen molar-refractivity contribution in [1.29, 1.82) is 0 Å². The van der Waals surface area contributed by atoms with E-state index in [4.69, 9.17) is 4.74 Å². The van der Waals surface area contributed by atoms with Gasteiger partial charge < -0.3 is 4.74 Å².